The molecule has 0 aromatic rings. The summed E-state index contributed by atoms with van der Waals surface area (Å²) < 4.78 is 10.5. The Balaban J connectivity index is 0. The molecule has 0 heterocycles. The van der Waals surface area contributed by atoms with Crippen LogP contribution in [0.3, 0.4) is 0 Å². The van der Waals surface area contributed by atoms with Gasteiger partial charge < -0.3 is 8.85 Å². The molecular weight excluding hydrogens is 180 g/mol. The summed E-state index contributed by atoms with van der Waals surface area (Å²) in [5.41, 5.74) is 0. The van der Waals surface area contributed by atoms with E-state index in [1.807, 2.05) is 27.7 Å². The van der Waals surface area contributed by atoms with E-state index < -0.39 is 10.0 Å². The number of rotatable bonds is 5. The predicted molar refractivity (Wildman–Crippen MR) is 61.4 cm³/mol. The summed E-state index contributed by atoms with van der Waals surface area (Å²) in [7, 11) is -0.684. The number of hydrogen-bond donors (Lipinski definition) is 0. The second kappa shape index (κ2) is 11.6. The minimum atomic E-state index is -0.684. The highest BCUT2D eigenvalue weighted by atomic mass is 28.3. The van der Waals surface area contributed by atoms with Gasteiger partial charge in [0.25, 0.3) is 0 Å². The van der Waals surface area contributed by atoms with E-state index in [-0.39, 0.29) is 0 Å². The molecule has 0 aromatic carbocycles. The monoisotopic (exact) mass is 202 g/mol. The van der Waals surface area contributed by atoms with Gasteiger partial charge >= 0.3 is 10.0 Å². The first-order valence-electron chi connectivity index (χ1n) is 4.51. The van der Waals surface area contributed by atoms with Gasteiger partial charge in [-0.1, -0.05) is 25.3 Å². The van der Waals surface area contributed by atoms with Crippen molar-refractivity contribution in [3.63, 3.8) is 0 Å². The molecule has 0 fully saturated rings. The van der Waals surface area contributed by atoms with Gasteiger partial charge in [0.2, 0.25) is 0 Å². The van der Waals surface area contributed by atoms with Gasteiger partial charge in [0.05, 0.1) is 0 Å². The summed E-state index contributed by atoms with van der Waals surface area (Å²) in [6.07, 6.45) is 3.94. The van der Waals surface area contributed by atoms with Crippen LogP contribution in [0.1, 0.15) is 27.7 Å². The lowest BCUT2D eigenvalue weighted by Gasteiger charge is -2.09. The third kappa shape index (κ3) is 24.5. The minimum absolute atomic E-state index is 0.329. The highest BCUT2D eigenvalue weighted by molar-refractivity contribution is 6.18. The Kier molecular flexibility index (Phi) is 13.5. The molecule has 2 nitrogen and oxygen atoms in total. The molecule has 0 aliphatic rings. The lowest BCUT2D eigenvalue weighted by molar-refractivity contribution is 0.152. The van der Waals surface area contributed by atoms with E-state index >= 15 is 0 Å². The minimum Gasteiger partial charge on any atom is -0.396 e. The SMILES string of the molecule is C=CC=C.CC(C)O[SiH2]OC(C)C. The zero-order valence-electron chi connectivity index (χ0n) is 9.25. The van der Waals surface area contributed by atoms with E-state index in [1.165, 1.54) is 0 Å². The van der Waals surface area contributed by atoms with Gasteiger partial charge in [-0.3, -0.25) is 0 Å². The van der Waals surface area contributed by atoms with Crippen molar-refractivity contribution in [2.45, 2.75) is 39.9 Å². The molecule has 0 N–H and O–H groups in total. The van der Waals surface area contributed by atoms with Crippen molar-refractivity contribution in [1.82, 2.24) is 0 Å². The van der Waals surface area contributed by atoms with E-state index in [0.717, 1.165) is 0 Å². The van der Waals surface area contributed by atoms with Gasteiger partial charge in [-0.05, 0) is 27.7 Å². The van der Waals surface area contributed by atoms with Crippen LogP contribution in [0.15, 0.2) is 25.3 Å². The molecule has 0 unspecified atom stereocenters. The summed E-state index contributed by atoms with van der Waals surface area (Å²) in [5, 5.41) is 0. The standard InChI is InChI=1S/C6H16O2Si.C4H6/c1-5(2)7-9-8-6(3)4;1-3-4-2/h5-6H,9H2,1-4H3;3-4H,1-2H2. The molecule has 78 valence electrons. The van der Waals surface area contributed by atoms with Crippen LogP contribution in [0.25, 0.3) is 0 Å². The third-order valence-corrected chi connectivity index (χ3v) is 2.57. The molecule has 13 heavy (non-hydrogen) atoms. The number of allylic oxidation sites excluding steroid dienone is 2. The highest BCUT2D eigenvalue weighted by Crippen LogP contribution is 1.89. The van der Waals surface area contributed by atoms with Crippen LogP contribution in [0.5, 0.6) is 0 Å². The predicted octanol–water partition coefficient (Wildman–Crippen LogP) is 2.19. The molecule has 0 aromatic heterocycles. The van der Waals surface area contributed by atoms with Crippen LogP contribution in [0.4, 0.5) is 0 Å². The molecular formula is C10H22O2Si. The Labute approximate surface area is 84.7 Å². The van der Waals surface area contributed by atoms with Crippen molar-refractivity contribution in [3.05, 3.63) is 25.3 Å². The van der Waals surface area contributed by atoms with Crippen molar-refractivity contribution in [1.29, 1.82) is 0 Å². The first kappa shape index (κ1) is 15.1. The fraction of sp³-hybridized carbons (Fsp3) is 0.600. The number of hydrogen-bond acceptors (Lipinski definition) is 2. The largest absolute Gasteiger partial charge is 0.396 e. The van der Waals surface area contributed by atoms with E-state index in [1.54, 1.807) is 12.2 Å². The van der Waals surface area contributed by atoms with Crippen molar-refractivity contribution in [2.24, 2.45) is 0 Å². The van der Waals surface area contributed by atoms with Crippen LogP contribution in [-0.2, 0) is 8.85 Å². The van der Waals surface area contributed by atoms with E-state index in [0.29, 0.717) is 12.2 Å². The average Bonchev–Trinajstić information content (AvgIpc) is 2.03. The Morgan fingerprint density at radius 2 is 1.23 bits per heavy atom. The molecule has 0 amide bonds. The van der Waals surface area contributed by atoms with Crippen molar-refractivity contribution in [3.8, 4) is 0 Å². The second-order valence-corrected chi connectivity index (χ2v) is 3.92. The first-order chi connectivity index (χ1) is 6.04. The van der Waals surface area contributed by atoms with Crippen molar-refractivity contribution < 1.29 is 8.85 Å². The molecule has 0 radical (unpaired) electrons. The fourth-order valence-corrected chi connectivity index (χ4v) is 0.934. The topological polar surface area (TPSA) is 18.5 Å². The summed E-state index contributed by atoms with van der Waals surface area (Å²) in [5.74, 6) is 0. The molecule has 0 aliphatic heterocycles. The Morgan fingerprint density at radius 1 is 0.923 bits per heavy atom. The molecule has 0 rings (SSSR count). The molecule has 3 heteroatoms. The summed E-state index contributed by atoms with van der Waals surface area (Å²) in [4.78, 5) is 0. The Morgan fingerprint density at radius 3 is 1.38 bits per heavy atom. The van der Waals surface area contributed by atoms with Crippen molar-refractivity contribution in [2.75, 3.05) is 0 Å². The molecule has 0 bridgehead atoms. The lowest BCUT2D eigenvalue weighted by Crippen LogP contribution is -2.14. The average molecular weight is 202 g/mol. The van der Waals surface area contributed by atoms with Gasteiger partial charge in [-0.2, -0.15) is 0 Å². The van der Waals surface area contributed by atoms with E-state index in [9.17, 15) is 0 Å². The quantitative estimate of drug-likeness (QED) is 0.502. The summed E-state index contributed by atoms with van der Waals surface area (Å²) >= 11 is 0. The van der Waals surface area contributed by atoms with Gasteiger partial charge in [0.1, 0.15) is 0 Å². The van der Waals surface area contributed by atoms with Crippen LogP contribution in [-0.4, -0.2) is 22.2 Å². The van der Waals surface area contributed by atoms with Gasteiger partial charge in [-0.25, -0.2) is 0 Å². The summed E-state index contributed by atoms with van der Waals surface area (Å²) in [6, 6.07) is 0. The lowest BCUT2D eigenvalue weighted by atomic mass is 10.5. The van der Waals surface area contributed by atoms with Gasteiger partial charge in [0.15, 0.2) is 0 Å². The molecule has 0 spiro atoms. The van der Waals surface area contributed by atoms with Crippen molar-refractivity contribution >= 4 is 10.0 Å². The molecule has 0 aliphatic carbocycles. The maximum atomic E-state index is 5.27. The van der Waals surface area contributed by atoms with E-state index in [2.05, 4.69) is 13.2 Å². The van der Waals surface area contributed by atoms with Crippen LogP contribution in [0.2, 0.25) is 0 Å². The maximum absolute atomic E-state index is 5.27. The van der Waals surface area contributed by atoms with Crippen LogP contribution >= 0.6 is 0 Å². The van der Waals surface area contributed by atoms with E-state index in [4.69, 9.17) is 8.85 Å². The zero-order valence-corrected chi connectivity index (χ0v) is 10.7. The fourth-order valence-electron chi connectivity index (χ4n) is 0.311. The molecule has 0 saturated carbocycles. The summed E-state index contributed by atoms with van der Waals surface area (Å²) in [6.45, 7) is 14.8. The zero-order chi connectivity index (χ0) is 10.7. The first-order valence-corrected chi connectivity index (χ1v) is 5.66. The molecule has 0 saturated heterocycles. The Hall–Kier alpha value is -0.383. The van der Waals surface area contributed by atoms with Gasteiger partial charge in [0, 0.05) is 12.2 Å². The Bertz CT molecular complexity index is 108. The maximum Gasteiger partial charge on any atom is 0.304 e. The third-order valence-electron chi connectivity index (χ3n) is 0.969. The van der Waals surface area contributed by atoms with Crippen LogP contribution in [0, 0.1) is 0 Å². The second-order valence-electron chi connectivity index (χ2n) is 3.02. The highest BCUT2D eigenvalue weighted by Gasteiger charge is 1.95. The molecule has 0 atom stereocenters. The van der Waals surface area contributed by atoms with Crippen LogP contribution < -0.4 is 0 Å². The normalized spacial score (nSPS) is 9.38. The smallest absolute Gasteiger partial charge is 0.304 e. The van der Waals surface area contributed by atoms with Gasteiger partial charge in [-0.15, -0.1) is 0 Å².